The third-order valence-corrected chi connectivity index (χ3v) is 2.75. The van der Waals surface area contributed by atoms with E-state index < -0.39 is 10.1 Å². The van der Waals surface area contributed by atoms with Gasteiger partial charge in [0.2, 0.25) is 0 Å². The topological polar surface area (TPSA) is 63.6 Å². The number of rotatable bonds is 2. The van der Waals surface area contributed by atoms with Crippen molar-refractivity contribution in [3.63, 3.8) is 0 Å². The highest BCUT2D eigenvalue weighted by atomic mass is 35.5. The fourth-order valence-electron chi connectivity index (χ4n) is 0.808. The van der Waals surface area contributed by atoms with Gasteiger partial charge in [-0.2, -0.15) is 8.42 Å². The van der Waals surface area contributed by atoms with Crippen LogP contribution in [0.15, 0.2) is 23.1 Å². The number of methoxy groups -OCH3 is 1. The molecule has 0 radical (unpaired) electrons. The van der Waals surface area contributed by atoms with Gasteiger partial charge in [-0.05, 0) is 12.1 Å². The van der Waals surface area contributed by atoms with Gasteiger partial charge in [0.15, 0.2) is 0 Å². The lowest BCUT2D eigenvalue weighted by Crippen LogP contribution is -1.99. The van der Waals surface area contributed by atoms with E-state index in [4.69, 9.17) is 20.9 Å². The monoisotopic (exact) mass is 252 g/mol. The summed E-state index contributed by atoms with van der Waals surface area (Å²) in [7, 11) is -2.89. The maximum Gasteiger partial charge on any atom is 0.296 e. The fourth-order valence-corrected chi connectivity index (χ4v) is 1.80. The van der Waals surface area contributed by atoms with Crippen LogP contribution in [0.1, 0.15) is 13.8 Å². The number of hydrogen-bond acceptors (Lipinski definition) is 3. The van der Waals surface area contributed by atoms with Crippen molar-refractivity contribution in [1.82, 2.24) is 0 Å². The molecule has 0 unspecified atom stereocenters. The van der Waals surface area contributed by atoms with Crippen LogP contribution in [-0.4, -0.2) is 20.1 Å². The molecule has 1 aromatic rings. The van der Waals surface area contributed by atoms with Gasteiger partial charge in [-0.25, -0.2) is 0 Å². The highest BCUT2D eigenvalue weighted by molar-refractivity contribution is 7.86. The van der Waals surface area contributed by atoms with Gasteiger partial charge in [-0.3, -0.25) is 4.55 Å². The van der Waals surface area contributed by atoms with Gasteiger partial charge in [0, 0.05) is 6.07 Å². The average molecular weight is 253 g/mol. The van der Waals surface area contributed by atoms with Crippen LogP contribution >= 0.6 is 11.6 Å². The summed E-state index contributed by atoms with van der Waals surface area (Å²) in [6.07, 6.45) is 0. The third-order valence-electron chi connectivity index (χ3n) is 1.42. The summed E-state index contributed by atoms with van der Waals surface area (Å²) in [4.78, 5) is -0.353. The van der Waals surface area contributed by atoms with Gasteiger partial charge >= 0.3 is 0 Å². The Bertz CT molecular complexity index is 414. The summed E-state index contributed by atoms with van der Waals surface area (Å²) >= 11 is 5.54. The van der Waals surface area contributed by atoms with Crippen molar-refractivity contribution in [1.29, 1.82) is 0 Å². The highest BCUT2D eigenvalue weighted by Crippen LogP contribution is 2.25. The molecule has 0 aliphatic carbocycles. The number of benzene rings is 1. The number of ether oxygens (including phenoxy) is 1. The first-order valence-corrected chi connectivity index (χ1v) is 6.08. The molecule has 0 saturated carbocycles. The summed E-state index contributed by atoms with van der Waals surface area (Å²) in [5.41, 5.74) is 0. The summed E-state index contributed by atoms with van der Waals surface area (Å²) in [5.74, 6) is 0.317. The predicted octanol–water partition coefficient (Wildman–Crippen LogP) is 2.62. The zero-order chi connectivity index (χ0) is 12.1. The van der Waals surface area contributed by atoms with Crippen molar-refractivity contribution in [2.45, 2.75) is 18.7 Å². The second-order valence-corrected chi connectivity index (χ2v) is 4.07. The Kier molecular flexibility index (Phi) is 5.64. The molecule has 1 aromatic carbocycles. The van der Waals surface area contributed by atoms with Crippen LogP contribution in [0.2, 0.25) is 5.02 Å². The largest absolute Gasteiger partial charge is 0.497 e. The Hall–Kier alpha value is -0.780. The zero-order valence-electron chi connectivity index (χ0n) is 8.69. The molecule has 0 bridgehead atoms. The minimum Gasteiger partial charge on any atom is -0.497 e. The van der Waals surface area contributed by atoms with Crippen LogP contribution in [0.4, 0.5) is 0 Å². The molecule has 0 saturated heterocycles. The van der Waals surface area contributed by atoms with Crippen molar-refractivity contribution in [2.24, 2.45) is 0 Å². The minimum atomic E-state index is -4.28. The van der Waals surface area contributed by atoms with Crippen molar-refractivity contribution in [2.75, 3.05) is 7.11 Å². The lowest BCUT2D eigenvalue weighted by molar-refractivity contribution is 0.412. The van der Waals surface area contributed by atoms with Crippen LogP contribution in [0.25, 0.3) is 0 Å². The number of halogens is 1. The minimum absolute atomic E-state index is 0.0386. The number of hydrogen-bond donors (Lipinski definition) is 1. The van der Waals surface area contributed by atoms with E-state index in [-0.39, 0.29) is 9.92 Å². The molecular weight excluding hydrogens is 240 g/mol. The van der Waals surface area contributed by atoms with Crippen LogP contribution < -0.4 is 4.74 Å². The van der Waals surface area contributed by atoms with E-state index in [0.717, 1.165) is 6.07 Å². The first kappa shape index (κ1) is 14.2. The van der Waals surface area contributed by atoms with Crippen molar-refractivity contribution >= 4 is 21.7 Å². The van der Waals surface area contributed by atoms with E-state index in [0.29, 0.717) is 5.75 Å². The van der Waals surface area contributed by atoms with E-state index in [1.165, 1.54) is 19.2 Å². The smallest absolute Gasteiger partial charge is 0.296 e. The molecule has 0 spiro atoms. The standard InChI is InChI=1S/C7H7ClO4S.C2H6/c1-12-5-2-3-6(8)7(4-5)13(9,10)11;1-2/h2-4H,1H3,(H,9,10,11);1-2H3. The molecule has 0 atom stereocenters. The first-order chi connectivity index (χ1) is 6.95. The van der Waals surface area contributed by atoms with Crippen LogP contribution in [-0.2, 0) is 10.1 Å². The Morgan fingerprint density at radius 3 is 2.27 bits per heavy atom. The SMILES string of the molecule is CC.COc1ccc(Cl)c(S(=O)(=O)O)c1. The third kappa shape index (κ3) is 4.07. The van der Waals surface area contributed by atoms with Gasteiger partial charge in [0.1, 0.15) is 10.6 Å². The molecule has 0 amide bonds. The van der Waals surface area contributed by atoms with Crippen LogP contribution in [0.3, 0.4) is 0 Å². The summed E-state index contributed by atoms with van der Waals surface area (Å²) in [6, 6.07) is 3.98. The van der Waals surface area contributed by atoms with Gasteiger partial charge in [0.25, 0.3) is 10.1 Å². The fraction of sp³-hybridized carbons (Fsp3) is 0.333. The van der Waals surface area contributed by atoms with Gasteiger partial charge in [-0.1, -0.05) is 25.4 Å². The van der Waals surface area contributed by atoms with Gasteiger partial charge in [0.05, 0.1) is 12.1 Å². The van der Waals surface area contributed by atoms with Crippen LogP contribution in [0, 0.1) is 0 Å². The molecule has 0 fully saturated rings. The molecule has 15 heavy (non-hydrogen) atoms. The first-order valence-electron chi connectivity index (χ1n) is 4.26. The predicted molar refractivity (Wildman–Crippen MR) is 59.2 cm³/mol. The lowest BCUT2D eigenvalue weighted by Gasteiger charge is -2.03. The van der Waals surface area contributed by atoms with Crippen molar-refractivity contribution < 1.29 is 17.7 Å². The second kappa shape index (κ2) is 5.95. The van der Waals surface area contributed by atoms with E-state index in [2.05, 4.69) is 0 Å². The molecular formula is C9H13ClO4S. The molecule has 86 valence electrons. The molecule has 1 N–H and O–H groups in total. The van der Waals surface area contributed by atoms with E-state index in [9.17, 15) is 8.42 Å². The van der Waals surface area contributed by atoms with Crippen LogP contribution in [0.5, 0.6) is 5.75 Å². The van der Waals surface area contributed by atoms with Crippen molar-refractivity contribution in [3.05, 3.63) is 23.2 Å². The van der Waals surface area contributed by atoms with Gasteiger partial charge in [-0.15, -0.1) is 0 Å². The highest BCUT2D eigenvalue weighted by Gasteiger charge is 2.14. The zero-order valence-corrected chi connectivity index (χ0v) is 10.3. The molecule has 1 rings (SSSR count). The maximum atomic E-state index is 10.7. The molecule has 0 heterocycles. The van der Waals surface area contributed by atoms with E-state index in [1.54, 1.807) is 0 Å². The Morgan fingerprint density at radius 2 is 1.87 bits per heavy atom. The normalized spacial score (nSPS) is 10.2. The average Bonchev–Trinajstić information content (AvgIpc) is 2.20. The van der Waals surface area contributed by atoms with E-state index >= 15 is 0 Å². The summed E-state index contributed by atoms with van der Waals surface area (Å²) in [5, 5.41) is -0.0386. The quantitative estimate of drug-likeness (QED) is 0.822. The Balaban J connectivity index is 0.000000921. The van der Waals surface area contributed by atoms with Crippen molar-refractivity contribution in [3.8, 4) is 5.75 Å². The Morgan fingerprint density at radius 1 is 1.33 bits per heavy atom. The second-order valence-electron chi connectivity index (χ2n) is 2.27. The lowest BCUT2D eigenvalue weighted by atomic mass is 10.3. The molecule has 0 aromatic heterocycles. The molecule has 6 heteroatoms. The molecule has 0 aliphatic heterocycles. The summed E-state index contributed by atoms with van der Waals surface area (Å²) in [6.45, 7) is 4.00. The Labute approximate surface area is 94.6 Å². The molecule has 0 aliphatic rings. The molecule has 4 nitrogen and oxygen atoms in total. The van der Waals surface area contributed by atoms with Gasteiger partial charge < -0.3 is 4.74 Å². The summed E-state index contributed by atoms with van der Waals surface area (Å²) < 4.78 is 35.0. The van der Waals surface area contributed by atoms with E-state index in [1.807, 2.05) is 13.8 Å². The maximum absolute atomic E-state index is 10.7.